The van der Waals surface area contributed by atoms with E-state index in [-0.39, 0.29) is 23.1 Å². The minimum absolute atomic E-state index is 0.0136. The van der Waals surface area contributed by atoms with Crippen molar-refractivity contribution in [1.82, 2.24) is 10.9 Å². The molecular formula is C12H14N2O3. The minimum Gasteiger partial charge on any atom is -0.507 e. The molecular weight excluding hydrogens is 220 g/mol. The van der Waals surface area contributed by atoms with Crippen LogP contribution in [0.15, 0.2) is 24.3 Å². The topological polar surface area (TPSA) is 78.4 Å². The number of amides is 2. The first kappa shape index (κ1) is 11.4. The summed E-state index contributed by atoms with van der Waals surface area (Å²) in [5, 5.41) is 9.44. The molecule has 0 aromatic heterocycles. The molecule has 0 heterocycles. The zero-order valence-electron chi connectivity index (χ0n) is 9.27. The molecule has 1 saturated carbocycles. The van der Waals surface area contributed by atoms with Gasteiger partial charge >= 0.3 is 0 Å². The third-order valence-corrected chi connectivity index (χ3v) is 2.92. The van der Waals surface area contributed by atoms with Gasteiger partial charge in [-0.25, -0.2) is 0 Å². The van der Waals surface area contributed by atoms with Gasteiger partial charge in [-0.05, 0) is 25.0 Å². The number of nitrogens with one attached hydrogen (secondary N) is 2. The predicted octanol–water partition coefficient (Wildman–Crippen LogP) is 0.953. The normalized spacial score (nSPS) is 14.8. The summed E-state index contributed by atoms with van der Waals surface area (Å²) in [6.45, 7) is 0. The summed E-state index contributed by atoms with van der Waals surface area (Å²) >= 11 is 0. The van der Waals surface area contributed by atoms with Crippen molar-refractivity contribution in [2.75, 3.05) is 0 Å². The predicted molar refractivity (Wildman–Crippen MR) is 61.1 cm³/mol. The number of aromatic hydroxyl groups is 1. The smallest absolute Gasteiger partial charge is 0.273 e. The first-order valence-electron chi connectivity index (χ1n) is 5.56. The molecule has 2 amide bonds. The second-order valence-corrected chi connectivity index (χ2v) is 4.09. The minimum atomic E-state index is -0.518. The summed E-state index contributed by atoms with van der Waals surface area (Å²) in [5.74, 6) is -0.779. The molecule has 1 aliphatic rings. The van der Waals surface area contributed by atoms with Gasteiger partial charge in [0.1, 0.15) is 5.75 Å². The monoisotopic (exact) mass is 234 g/mol. The maximum absolute atomic E-state index is 11.6. The van der Waals surface area contributed by atoms with Gasteiger partial charge in [0.05, 0.1) is 5.56 Å². The number of phenols is 1. The lowest BCUT2D eigenvalue weighted by Crippen LogP contribution is -2.46. The van der Waals surface area contributed by atoms with Gasteiger partial charge in [-0.15, -0.1) is 0 Å². The average Bonchev–Trinajstić information content (AvgIpc) is 2.24. The Morgan fingerprint density at radius 2 is 1.88 bits per heavy atom. The fourth-order valence-electron chi connectivity index (χ4n) is 1.62. The first-order valence-corrected chi connectivity index (χ1v) is 5.56. The Kier molecular flexibility index (Phi) is 3.27. The Bertz CT molecular complexity index is 441. The van der Waals surface area contributed by atoms with Crippen LogP contribution in [-0.4, -0.2) is 16.9 Å². The molecule has 90 valence electrons. The fraction of sp³-hybridized carbons (Fsp3) is 0.333. The van der Waals surface area contributed by atoms with E-state index in [1.807, 2.05) is 0 Å². The van der Waals surface area contributed by atoms with Crippen LogP contribution in [0.3, 0.4) is 0 Å². The average molecular weight is 234 g/mol. The highest BCUT2D eigenvalue weighted by atomic mass is 16.3. The van der Waals surface area contributed by atoms with E-state index in [4.69, 9.17) is 0 Å². The van der Waals surface area contributed by atoms with E-state index in [1.54, 1.807) is 12.1 Å². The Morgan fingerprint density at radius 3 is 2.47 bits per heavy atom. The summed E-state index contributed by atoms with van der Waals surface area (Å²) in [4.78, 5) is 23.1. The van der Waals surface area contributed by atoms with Crippen LogP contribution in [0.4, 0.5) is 0 Å². The van der Waals surface area contributed by atoms with E-state index in [9.17, 15) is 14.7 Å². The molecule has 0 radical (unpaired) electrons. The van der Waals surface area contributed by atoms with E-state index in [2.05, 4.69) is 10.9 Å². The number of benzene rings is 1. The van der Waals surface area contributed by atoms with Gasteiger partial charge in [-0.3, -0.25) is 20.4 Å². The number of hydrogen-bond donors (Lipinski definition) is 3. The molecule has 0 atom stereocenters. The van der Waals surface area contributed by atoms with Crippen molar-refractivity contribution in [3.8, 4) is 5.75 Å². The summed E-state index contributed by atoms with van der Waals surface area (Å²) in [7, 11) is 0. The summed E-state index contributed by atoms with van der Waals surface area (Å²) in [6, 6.07) is 6.17. The molecule has 0 spiro atoms. The molecule has 0 saturated heterocycles. The number of rotatable bonds is 2. The largest absolute Gasteiger partial charge is 0.507 e. The molecule has 0 unspecified atom stereocenters. The van der Waals surface area contributed by atoms with E-state index in [1.165, 1.54) is 12.1 Å². The van der Waals surface area contributed by atoms with Crippen molar-refractivity contribution >= 4 is 11.8 Å². The number of phenolic OH excluding ortho intramolecular Hbond substituents is 1. The second-order valence-electron chi connectivity index (χ2n) is 4.09. The van der Waals surface area contributed by atoms with Gasteiger partial charge in [0.25, 0.3) is 5.91 Å². The van der Waals surface area contributed by atoms with E-state index in [0.29, 0.717) is 0 Å². The third-order valence-electron chi connectivity index (χ3n) is 2.92. The molecule has 0 bridgehead atoms. The van der Waals surface area contributed by atoms with Crippen molar-refractivity contribution in [3.63, 3.8) is 0 Å². The Hall–Kier alpha value is -2.04. The summed E-state index contributed by atoms with van der Waals surface area (Å²) in [5.41, 5.74) is 4.79. The number of carbonyl (C=O) groups excluding carboxylic acids is 2. The Labute approximate surface area is 98.8 Å². The van der Waals surface area contributed by atoms with Gasteiger partial charge in [0.2, 0.25) is 5.91 Å². The standard InChI is InChI=1S/C12H14N2O3/c15-10-7-2-1-6-9(10)12(17)14-13-11(16)8-4-3-5-8/h1-2,6-8,15H,3-5H2,(H,13,16)(H,14,17). The first-order chi connectivity index (χ1) is 8.18. The van der Waals surface area contributed by atoms with Crippen molar-refractivity contribution in [2.45, 2.75) is 19.3 Å². The highest BCUT2D eigenvalue weighted by molar-refractivity contribution is 5.97. The molecule has 0 aliphatic heterocycles. The maximum Gasteiger partial charge on any atom is 0.273 e. The van der Waals surface area contributed by atoms with Crippen molar-refractivity contribution in [3.05, 3.63) is 29.8 Å². The van der Waals surface area contributed by atoms with E-state index >= 15 is 0 Å². The van der Waals surface area contributed by atoms with Gasteiger partial charge in [0.15, 0.2) is 0 Å². The SMILES string of the molecule is O=C(NNC(=O)C1CCC1)c1ccccc1O. The lowest BCUT2D eigenvalue weighted by atomic mass is 9.85. The summed E-state index contributed by atoms with van der Waals surface area (Å²) < 4.78 is 0. The lowest BCUT2D eigenvalue weighted by Gasteiger charge is -2.24. The van der Waals surface area contributed by atoms with Gasteiger partial charge < -0.3 is 5.11 Å². The van der Waals surface area contributed by atoms with Crippen LogP contribution in [0.5, 0.6) is 5.75 Å². The molecule has 5 heteroatoms. The molecule has 1 aliphatic carbocycles. The maximum atomic E-state index is 11.6. The van der Waals surface area contributed by atoms with Crippen LogP contribution in [-0.2, 0) is 4.79 Å². The number of carbonyl (C=O) groups is 2. The van der Waals surface area contributed by atoms with Gasteiger partial charge in [0, 0.05) is 5.92 Å². The highest BCUT2D eigenvalue weighted by Crippen LogP contribution is 2.25. The lowest BCUT2D eigenvalue weighted by molar-refractivity contribution is -0.128. The van der Waals surface area contributed by atoms with Crippen LogP contribution in [0.25, 0.3) is 0 Å². The van der Waals surface area contributed by atoms with Gasteiger partial charge in [-0.1, -0.05) is 18.6 Å². The molecule has 3 N–H and O–H groups in total. The Morgan fingerprint density at radius 1 is 1.18 bits per heavy atom. The summed E-state index contributed by atoms with van der Waals surface area (Å²) in [6.07, 6.45) is 2.81. The van der Waals surface area contributed by atoms with Crippen LogP contribution < -0.4 is 10.9 Å². The molecule has 2 rings (SSSR count). The van der Waals surface area contributed by atoms with Crippen LogP contribution in [0.2, 0.25) is 0 Å². The quantitative estimate of drug-likeness (QED) is 0.667. The van der Waals surface area contributed by atoms with E-state index in [0.717, 1.165) is 19.3 Å². The fourth-order valence-corrected chi connectivity index (χ4v) is 1.62. The van der Waals surface area contributed by atoms with Gasteiger partial charge in [-0.2, -0.15) is 0 Å². The highest BCUT2D eigenvalue weighted by Gasteiger charge is 2.25. The molecule has 5 nitrogen and oxygen atoms in total. The van der Waals surface area contributed by atoms with Crippen molar-refractivity contribution < 1.29 is 14.7 Å². The number of hydrogen-bond acceptors (Lipinski definition) is 3. The van der Waals surface area contributed by atoms with E-state index < -0.39 is 5.91 Å². The second kappa shape index (κ2) is 4.86. The number of hydrazine groups is 1. The van der Waals surface area contributed by atoms with Crippen LogP contribution >= 0.6 is 0 Å². The van der Waals surface area contributed by atoms with Crippen LogP contribution in [0.1, 0.15) is 29.6 Å². The zero-order valence-corrected chi connectivity index (χ0v) is 9.27. The molecule has 1 fully saturated rings. The molecule has 1 aromatic rings. The van der Waals surface area contributed by atoms with Crippen molar-refractivity contribution in [2.24, 2.45) is 5.92 Å². The molecule has 17 heavy (non-hydrogen) atoms. The third kappa shape index (κ3) is 2.55. The van der Waals surface area contributed by atoms with Crippen molar-refractivity contribution in [1.29, 1.82) is 0 Å². The van der Waals surface area contributed by atoms with Crippen LogP contribution in [0, 0.1) is 5.92 Å². The molecule has 1 aromatic carbocycles. The number of para-hydroxylation sites is 1. The zero-order chi connectivity index (χ0) is 12.3. The Balaban J connectivity index is 1.89.